The molecule has 1 fully saturated rings. The van der Waals surface area contributed by atoms with E-state index in [0.717, 1.165) is 18.7 Å². The molecule has 2 amide bonds. The molecule has 7 heteroatoms. The van der Waals surface area contributed by atoms with Crippen LogP contribution in [0.2, 0.25) is 0 Å². The molecule has 2 aromatic rings. The van der Waals surface area contributed by atoms with Crippen molar-refractivity contribution in [1.82, 2.24) is 24.4 Å². The third-order valence-electron chi connectivity index (χ3n) is 4.60. The number of hydrogen-bond donors (Lipinski definition) is 0. The summed E-state index contributed by atoms with van der Waals surface area (Å²) in [5, 5.41) is 4.39. The maximum Gasteiger partial charge on any atom is 0.258 e. The summed E-state index contributed by atoms with van der Waals surface area (Å²) < 4.78 is 1.74. The first-order valence-corrected chi connectivity index (χ1v) is 8.54. The summed E-state index contributed by atoms with van der Waals surface area (Å²) in [5.74, 6) is 0.249. The summed E-state index contributed by atoms with van der Waals surface area (Å²) in [4.78, 5) is 32.6. The zero-order valence-electron chi connectivity index (χ0n) is 15.5. The molecule has 0 aromatic carbocycles. The molecule has 0 saturated carbocycles. The van der Waals surface area contributed by atoms with Gasteiger partial charge in [0.15, 0.2) is 5.65 Å². The van der Waals surface area contributed by atoms with Crippen LogP contribution in [0, 0.1) is 5.41 Å². The van der Waals surface area contributed by atoms with Gasteiger partial charge in [-0.3, -0.25) is 9.59 Å². The first-order chi connectivity index (χ1) is 11.7. The lowest BCUT2D eigenvalue weighted by molar-refractivity contribution is -0.138. The second kappa shape index (κ2) is 6.13. The van der Waals surface area contributed by atoms with Crippen LogP contribution < -0.4 is 0 Å². The van der Waals surface area contributed by atoms with Gasteiger partial charge in [-0.25, -0.2) is 9.50 Å². The Kier molecular flexibility index (Phi) is 4.26. The minimum absolute atomic E-state index is 0.115. The van der Waals surface area contributed by atoms with Gasteiger partial charge in [0.05, 0.1) is 11.9 Å². The highest BCUT2D eigenvalue weighted by atomic mass is 16.2. The van der Waals surface area contributed by atoms with E-state index in [0.29, 0.717) is 17.8 Å². The summed E-state index contributed by atoms with van der Waals surface area (Å²) >= 11 is 0. The lowest BCUT2D eigenvalue weighted by Crippen LogP contribution is -2.37. The highest BCUT2D eigenvalue weighted by Crippen LogP contribution is 2.30. The van der Waals surface area contributed by atoms with Crippen LogP contribution in [0.4, 0.5) is 0 Å². The van der Waals surface area contributed by atoms with Gasteiger partial charge in [-0.1, -0.05) is 20.8 Å². The molecule has 0 bridgehead atoms. The molecule has 0 N–H and O–H groups in total. The average Bonchev–Trinajstić information content (AvgIpc) is 3.19. The summed E-state index contributed by atoms with van der Waals surface area (Å²) in [5.41, 5.74) is 1.68. The van der Waals surface area contributed by atoms with E-state index in [-0.39, 0.29) is 23.1 Å². The van der Waals surface area contributed by atoms with Crippen molar-refractivity contribution in [3.63, 3.8) is 0 Å². The lowest BCUT2D eigenvalue weighted by atomic mass is 9.95. The van der Waals surface area contributed by atoms with Crippen LogP contribution >= 0.6 is 0 Å². The minimum atomic E-state index is -0.376. The number of likely N-dealkylation sites (tertiary alicyclic amines) is 1. The summed E-state index contributed by atoms with van der Waals surface area (Å²) in [6.07, 6.45) is 4.17. The third-order valence-corrected chi connectivity index (χ3v) is 4.60. The zero-order valence-corrected chi connectivity index (χ0v) is 15.5. The number of aromatic nitrogens is 3. The molecule has 0 radical (unpaired) electrons. The van der Waals surface area contributed by atoms with E-state index in [1.165, 1.54) is 4.90 Å². The van der Waals surface area contributed by atoms with Crippen LogP contribution in [0.3, 0.4) is 0 Å². The number of carbonyl (C=O) groups is 2. The van der Waals surface area contributed by atoms with Gasteiger partial charge in [-0.2, -0.15) is 5.10 Å². The van der Waals surface area contributed by atoms with Gasteiger partial charge < -0.3 is 9.80 Å². The van der Waals surface area contributed by atoms with Gasteiger partial charge in [0.1, 0.15) is 5.56 Å². The van der Waals surface area contributed by atoms with Crippen molar-refractivity contribution < 1.29 is 9.59 Å². The molecule has 3 heterocycles. The summed E-state index contributed by atoms with van der Waals surface area (Å²) in [6, 6.07) is 1.93. The second-order valence-electron chi connectivity index (χ2n) is 7.85. The largest absolute Gasteiger partial charge is 0.345 e. The SMILES string of the molecule is CN(C)C(=O)c1cnn2c([C@H]3CCN(C(=O)C(C)(C)C)C3)ccnc12. The molecule has 0 aliphatic carbocycles. The summed E-state index contributed by atoms with van der Waals surface area (Å²) in [7, 11) is 3.42. The molecule has 1 aliphatic heterocycles. The van der Waals surface area contributed by atoms with Gasteiger partial charge in [-0.15, -0.1) is 0 Å². The van der Waals surface area contributed by atoms with Crippen molar-refractivity contribution in [2.45, 2.75) is 33.1 Å². The Labute approximate surface area is 147 Å². The predicted molar refractivity (Wildman–Crippen MR) is 94.4 cm³/mol. The monoisotopic (exact) mass is 343 g/mol. The van der Waals surface area contributed by atoms with Gasteiger partial charge in [0.25, 0.3) is 5.91 Å². The number of amides is 2. The molecular weight excluding hydrogens is 318 g/mol. The topological polar surface area (TPSA) is 70.8 Å². The van der Waals surface area contributed by atoms with Crippen molar-refractivity contribution in [2.75, 3.05) is 27.2 Å². The molecule has 0 spiro atoms. The van der Waals surface area contributed by atoms with Gasteiger partial charge in [0, 0.05) is 44.7 Å². The molecule has 7 nitrogen and oxygen atoms in total. The summed E-state index contributed by atoms with van der Waals surface area (Å²) in [6.45, 7) is 7.25. The maximum absolute atomic E-state index is 12.5. The Morgan fingerprint density at radius 2 is 2.00 bits per heavy atom. The Morgan fingerprint density at radius 1 is 1.28 bits per heavy atom. The van der Waals surface area contributed by atoms with Crippen LogP contribution in [0.1, 0.15) is 49.2 Å². The Balaban J connectivity index is 1.91. The number of hydrogen-bond acceptors (Lipinski definition) is 4. The van der Waals surface area contributed by atoms with E-state index in [1.54, 1.807) is 31.0 Å². The Hall–Kier alpha value is -2.44. The zero-order chi connectivity index (χ0) is 18.4. The highest BCUT2D eigenvalue weighted by Gasteiger charge is 2.34. The number of nitrogens with zero attached hydrogens (tertiary/aromatic N) is 5. The van der Waals surface area contributed by atoms with Crippen molar-refractivity contribution in [1.29, 1.82) is 0 Å². The normalized spacial score (nSPS) is 18.0. The molecule has 2 aromatic heterocycles. The highest BCUT2D eigenvalue weighted by molar-refractivity contribution is 5.99. The van der Waals surface area contributed by atoms with Crippen molar-refractivity contribution in [3.8, 4) is 0 Å². The number of carbonyl (C=O) groups excluding carboxylic acids is 2. The van der Waals surface area contributed by atoms with Crippen LogP contribution in [-0.2, 0) is 4.79 Å². The Bertz CT molecular complexity index is 818. The van der Waals surface area contributed by atoms with Gasteiger partial charge >= 0.3 is 0 Å². The quantitative estimate of drug-likeness (QED) is 0.833. The van der Waals surface area contributed by atoms with E-state index >= 15 is 0 Å². The van der Waals surface area contributed by atoms with E-state index in [4.69, 9.17) is 0 Å². The van der Waals surface area contributed by atoms with Crippen LogP contribution in [0.5, 0.6) is 0 Å². The molecule has 0 unspecified atom stereocenters. The van der Waals surface area contributed by atoms with Crippen LogP contribution in [0.25, 0.3) is 5.65 Å². The lowest BCUT2D eigenvalue weighted by Gasteiger charge is -2.25. The standard InChI is InChI=1S/C18H25N5O2/c1-18(2,3)17(25)22-9-7-12(11-22)14-6-8-19-15-13(10-20-23(14)15)16(24)21(4)5/h6,8,10,12H,7,9,11H2,1-5H3/t12-/m0/s1. The number of rotatable bonds is 2. The predicted octanol–water partition coefficient (Wildman–Crippen LogP) is 1.79. The molecule has 1 saturated heterocycles. The molecule has 134 valence electrons. The third kappa shape index (κ3) is 3.10. The van der Waals surface area contributed by atoms with E-state index in [9.17, 15) is 9.59 Å². The number of fused-ring (bicyclic) bond motifs is 1. The molecule has 25 heavy (non-hydrogen) atoms. The molecule has 1 aliphatic rings. The minimum Gasteiger partial charge on any atom is -0.345 e. The van der Waals surface area contributed by atoms with Crippen molar-refractivity contribution in [3.05, 3.63) is 29.7 Å². The van der Waals surface area contributed by atoms with Crippen molar-refractivity contribution in [2.24, 2.45) is 5.41 Å². The fourth-order valence-corrected chi connectivity index (χ4v) is 3.27. The first kappa shape index (κ1) is 17.4. The smallest absolute Gasteiger partial charge is 0.258 e. The van der Waals surface area contributed by atoms with E-state index in [2.05, 4.69) is 10.1 Å². The molecular formula is C18H25N5O2. The maximum atomic E-state index is 12.5. The first-order valence-electron chi connectivity index (χ1n) is 8.54. The Morgan fingerprint density at radius 3 is 2.64 bits per heavy atom. The fourth-order valence-electron chi connectivity index (χ4n) is 3.27. The van der Waals surface area contributed by atoms with Gasteiger partial charge in [0.2, 0.25) is 5.91 Å². The van der Waals surface area contributed by atoms with Gasteiger partial charge in [-0.05, 0) is 12.5 Å². The average molecular weight is 343 g/mol. The fraction of sp³-hybridized carbons (Fsp3) is 0.556. The second-order valence-corrected chi connectivity index (χ2v) is 7.85. The van der Waals surface area contributed by atoms with Crippen molar-refractivity contribution >= 4 is 17.5 Å². The van der Waals surface area contributed by atoms with Crippen LogP contribution in [0.15, 0.2) is 18.5 Å². The molecule has 1 atom stereocenters. The van der Waals surface area contributed by atoms with Crippen LogP contribution in [-0.4, -0.2) is 63.4 Å². The van der Waals surface area contributed by atoms with E-state index in [1.807, 2.05) is 31.7 Å². The molecule has 3 rings (SSSR count). The van der Waals surface area contributed by atoms with E-state index < -0.39 is 0 Å².